The van der Waals surface area contributed by atoms with Crippen molar-refractivity contribution in [3.05, 3.63) is 51.9 Å². The summed E-state index contributed by atoms with van der Waals surface area (Å²) in [4.78, 5) is 6.83. The molecule has 1 aromatic rings. The predicted octanol–water partition coefficient (Wildman–Crippen LogP) is 3.80. The van der Waals surface area contributed by atoms with Crippen molar-refractivity contribution in [3.63, 3.8) is 0 Å². The SMILES string of the molecule is C/C=C(\C=NC(C)N)c1ccc([C@@H](OC)[C@@H](CF)N=[N+]=[N-])cc1. The smallest absolute Gasteiger partial charge is 0.101 e. The molecule has 23 heavy (non-hydrogen) atoms. The summed E-state index contributed by atoms with van der Waals surface area (Å²) in [6.07, 6.45) is 2.75. The Bertz CT molecular complexity index is 591. The summed E-state index contributed by atoms with van der Waals surface area (Å²) in [6, 6.07) is 6.52. The van der Waals surface area contributed by atoms with Crippen molar-refractivity contribution in [2.24, 2.45) is 15.8 Å². The molecule has 0 amide bonds. The zero-order valence-electron chi connectivity index (χ0n) is 13.6. The van der Waals surface area contributed by atoms with Crippen LogP contribution in [-0.2, 0) is 4.74 Å². The molecule has 124 valence electrons. The van der Waals surface area contributed by atoms with Crippen molar-refractivity contribution in [1.29, 1.82) is 0 Å². The van der Waals surface area contributed by atoms with Gasteiger partial charge in [-0.05, 0) is 36.1 Å². The van der Waals surface area contributed by atoms with E-state index in [1.165, 1.54) is 7.11 Å². The number of nitrogens with zero attached hydrogens (tertiary/aromatic N) is 4. The van der Waals surface area contributed by atoms with Gasteiger partial charge in [0, 0.05) is 18.2 Å². The van der Waals surface area contributed by atoms with Gasteiger partial charge in [0.1, 0.15) is 6.67 Å². The summed E-state index contributed by atoms with van der Waals surface area (Å²) < 4.78 is 18.3. The number of halogens is 1. The molecule has 2 N–H and O–H groups in total. The third kappa shape index (κ3) is 5.49. The number of aliphatic imine (C=N–C) groups is 1. The fourth-order valence-electron chi connectivity index (χ4n) is 2.13. The molecule has 6 nitrogen and oxygen atoms in total. The molecular formula is C16H22FN5O. The van der Waals surface area contributed by atoms with E-state index in [2.05, 4.69) is 15.0 Å². The molecule has 0 aliphatic rings. The number of hydrogen-bond donors (Lipinski definition) is 1. The van der Waals surface area contributed by atoms with Crippen molar-refractivity contribution < 1.29 is 9.13 Å². The van der Waals surface area contributed by atoms with Gasteiger partial charge < -0.3 is 10.5 Å². The molecule has 0 fully saturated rings. The van der Waals surface area contributed by atoms with Crippen molar-refractivity contribution in [2.45, 2.75) is 32.2 Å². The Morgan fingerprint density at radius 2 is 2.09 bits per heavy atom. The van der Waals surface area contributed by atoms with Gasteiger partial charge in [-0.15, -0.1) is 0 Å². The van der Waals surface area contributed by atoms with Gasteiger partial charge in [0.05, 0.1) is 18.3 Å². The molecule has 0 radical (unpaired) electrons. The van der Waals surface area contributed by atoms with Crippen LogP contribution >= 0.6 is 0 Å². The van der Waals surface area contributed by atoms with Gasteiger partial charge in [0.25, 0.3) is 0 Å². The van der Waals surface area contributed by atoms with E-state index in [4.69, 9.17) is 16.0 Å². The maximum absolute atomic E-state index is 13.0. The van der Waals surface area contributed by atoms with Crippen molar-refractivity contribution in [3.8, 4) is 0 Å². The highest BCUT2D eigenvalue weighted by Gasteiger charge is 2.22. The Kier molecular flexibility index (Phi) is 7.97. The summed E-state index contributed by atoms with van der Waals surface area (Å²) in [5.41, 5.74) is 16.8. The van der Waals surface area contributed by atoms with Gasteiger partial charge in [-0.2, -0.15) is 0 Å². The number of ether oxygens (including phenoxy) is 1. The van der Waals surface area contributed by atoms with Gasteiger partial charge in [-0.1, -0.05) is 35.5 Å². The summed E-state index contributed by atoms with van der Waals surface area (Å²) >= 11 is 0. The quantitative estimate of drug-likeness (QED) is 0.341. The molecular weight excluding hydrogens is 297 g/mol. The molecule has 1 aromatic carbocycles. The fraction of sp³-hybridized carbons (Fsp3) is 0.438. The maximum atomic E-state index is 13.0. The Morgan fingerprint density at radius 1 is 1.43 bits per heavy atom. The van der Waals surface area contributed by atoms with Crippen LogP contribution in [0.5, 0.6) is 0 Å². The second kappa shape index (κ2) is 9.74. The van der Waals surface area contributed by atoms with Crippen LogP contribution in [0.25, 0.3) is 16.0 Å². The average Bonchev–Trinajstić information content (AvgIpc) is 2.56. The van der Waals surface area contributed by atoms with Crippen LogP contribution in [0.3, 0.4) is 0 Å². The summed E-state index contributed by atoms with van der Waals surface area (Å²) in [6.45, 7) is 2.92. The van der Waals surface area contributed by atoms with Crippen LogP contribution in [0, 0.1) is 0 Å². The molecule has 1 rings (SSSR count). The first-order valence-corrected chi connectivity index (χ1v) is 7.25. The first kappa shape index (κ1) is 18.8. The monoisotopic (exact) mass is 319 g/mol. The van der Waals surface area contributed by atoms with E-state index in [0.29, 0.717) is 0 Å². The van der Waals surface area contributed by atoms with Crippen molar-refractivity contribution in [2.75, 3.05) is 13.8 Å². The number of alkyl halides is 1. The van der Waals surface area contributed by atoms with Crippen molar-refractivity contribution in [1.82, 2.24) is 0 Å². The molecule has 7 heteroatoms. The highest BCUT2D eigenvalue weighted by molar-refractivity contribution is 6.09. The summed E-state index contributed by atoms with van der Waals surface area (Å²) in [5.74, 6) is 0. The Morgan fingerprint density at radius 3 is 2.52 bits per heavy atom. The number of hydrogen-bond acceptors (Lipinski definition) is 4. The minimum Gasteiger partial charge on any atom is -0.376 e. The number of nitrogens with two attached hydrogens (primary N) is 1. The molecule has 0 saturated carbocycles. The first-order chi connectivity index (χ1) is 11.1. The van der Waals surface area contributed by atoms with Crippen LogP contribution in [0.4, 0.5) is 4.39 Å². The van der Waals surface area contributed by atoms with Crippen LogP contribution in [-0.4, -0.2) is 32.2 Å². The Hall–Kier alpha value is -2.21. The normalized spacial score (nSPS) is 16.0. The van der Waals surface area contributed by atoms with Crippen molar-refractivity contribution >= 4 is 11.8 Å². The molecule has 0 bridgehead atoms. The summed E-state index contributed by atoms with van der Waals surface area (Å²) in [5, 5.41) is 3.45. The van der Waals surface area contributed by atoms with E-state index in [-0.39, 0.29) is 6.17 Å². The lowest BCUT2D eigenvalue weighted by Crippen LogP contribution is -2.20. The third-order valence-corrected chi connectivity index (χ3v) is 3.29. The molecule has 0 saturated heterocycles. The van der Waals surface area contributed by atoms with E-state index >= 15 is 0 Å². The Balaban J connectivity index is 3.04. The van der Waals surface area contributed by atoms with Crippen LogP contribution in [0.1, 0.15) is 31.1 Å². The number of rotatable bonds is 8. The van der Waals surface area contributed by atoms with E-state index in [9.17, 15) is 4.39 Å². The highest BCUT2D eigenvalue weighted by atomic mass is 19.1. The molecule has 1 unspecified atom stereocenters. The second-order valence-corrected chi connectivity index (χ2v) is 4.97. The van der Waals surface area contributed by atoms with E-state index in [1.807, 2.05) is 37.3 Å². The zero-order valence-corrected chi connectivity index (χ0v) is 13.6. The summed E-state index contributed by atoms with van der Waals surface area (Å²) in [7, 11) is 1.46. The zero-order chi connectivity index (χ0) is 17.2. The lowest BCUT2D eigenvalue weighted by molar-refractivity contribution is 0.0722. The van der Waals surface area contributed by atoms with Gasteiger partial charge in [0.2, 0.25) is 0 Å². The third-order valence-electron chi connectivity index (χ3n) is 3.29. The average molecular weight is 319 g/mol. The predicted molar refractivity (Wildman–Crippen MR) is 90.9 cm³/mol. The lowest BCUT2D eigenvalue weighted by atomic mass is 9.99. The van der Waals surface area contributed by atoms with Gasteiger partial charge >= 0.3 is 0 Å². The molecule has 0 aromatic heterocycles. The lowest BCUT2D eigenvalue weighted by Gasteiger charge is -2.20. The van der Waals surface area contributed by atoms with Crippen LogP contribution in [0.15, 0.2) is 40.4 Å². The number of benzene rings is 1. The molecule has 0 spiro atoms. The van der Waals surface area contributed by atoms with Crippen LogP contribution < -0.4 is 5.73 Å². The van der Waals surface area contributed by atoms with E-state index < -0.39 is 18.8 Å². The number of allylic oxidation sites excluding steroid dienone is 2. The van der Waals surface area contributed by atoms with Gasteiger partial charge in [0.15, 0.2) is 0 Å². The van der Waals surface area contributed by atoms with Crippen LogP contribution in [0.2, 0.25) is 0 Å². The standard InChI is InChI=1S/C16H22FN5O/c1-4-12(10-20-11(2)18)13-5-7-14(8-6-13)16(23-3)15(9-17)21-22-19/h4-8,10-11,15-16H,9,18H2,1-3H3/b12-4+,20-10?/t11?,15-,16-/m1/s1. The minimum atomic E-state index is -0.892. The minimum absolute atomic E-state index is 0.267. The fourth-order valence-corrected chi connectivity index (χ4v) is 2.13. The maximum Gasteiger partial charge on any atom is 0.101 e. The first-order valence-electron chi connectivity index (χ1n) is 7.25. The molecule has 3 atom stereocenters. The molecule has 0 aliphatic carbocycles. The highest BCUT2D eigenvalue weighted by Crippen LogP contribution is 2.25. The van der Waals surface area contributed by atoms with E-state index in [0.717, 1.165) is 16.7 Å². The number of azide groups is 1. The Labute approximate surface area is 135 Å². The number of methoxy groups -OCH3 is 1. The largest absolute Gasteiger partial charge is 0.376 e. The topological polar surface area (TPSA) is 96.4 Å². The molecule has 0 heterocycles. The van der Waals surface area contributed by atoms with Gasteiger partial charge in [-0.3, -0.25) is 9.38 Å². The molecule has 0 aliphatic heterocycles. The van der Waals surface area contributed by atoms with E-state index in [1.54, 1.807) is 13.1 Å². The second-order valence-electron chi connectivity index (χ2n) is 4.97. The van der Waals surface area contributed by atoms with Gasteiger partial charge in [-0.25, -0.2) is 0 Å².